The first kappa shape index (κ1) is 14.2. The van der Waals surface area contributed by atoms with E-state index in [4.69, 9.17) is 0 Å². The molecule has 1 rings (SSSR count). The number of nitrogens with one attached hydrogen (secondary N) is 1. The molecule has 1 unspecified atom stereocenters. The summed E-state index contributed by atoms with van der Waals surface area (Å²) in [6.07, 6.45) is 0.418. The van der Waals surface area contributed by atoms with Crippen LogP contribution in [0.5, 0.6) is 0 Å². The van der Waals surface area contributed by atoms with Gasteiger partial charge in [-0.3, -0.25) is 4.79 Å². The molecule has 17 heavy (non-hydrogen) atoms. The van der Waals surface area contributed by atoms with Crippen LogP contribution < -0.4 is 5.32 Å². The van der Waals surface area contributed by atoms with Crippen molar-refractivity contribution in [3.63, 3.8) is 0 Å². The molecule has 1 atom stereocenters. The Morgan fingerprint density at radius 3 is 2.47 bits per heavy atom. The molecule has 0 saturated heterocycles. The van der Waals surface area contributed by atoms with Gasteiger partial charge in [-0.25, -0.2) is 0 Å². The molecule has 0 spiro atoms. The van der Waals surface area contributed by atoms with Crippen LogP contribution in [0.4, 0.5) is 0 Å². The molecule has 3 heteroatoms. The fraction of sp³-hybridized carbons (Fsp3) is 0.500. The predicted octanol–water partition coefficient (Wildman–Crippen LogP) is 3.54. The third kappa shape index (κ3) is 4.50. The second-order valence-electron chi connectivity index (χ2n) is 5.42. The molecule has 0 saturated carbocycles. The van der Waals surface area contributed by atoms with E-state index in [1.54, 1.807) is 0 Å². The van der Waals surface area contributed by atoms with E-state index in [-0.39, 0.29) is 17.4 Å². The van der Waals surface area contributed by atoms with Crippen molar-refractivity contribution < 1.29 is 4.79 Å². The Labute approximate surface area is 112 Å². The van der Waals surface area contributed by atoms with Crippen molar-refractivity contribution in [1.29, 1.82) is 0 Å². The van der Waals surface area contributed by atoms with Crippen LogP contribution in [0.15, 0.2) is 28.7 Å². The zero-order valence-corrected chi connectivity index (χ0v) is 12.5. The molecule has 0 heterocycles. The molecule has 1 amide bonds. The minimum atomic E-state index is 0.0688. The molecule has 0 aliphatic rings. The van der Waals surface area contributed by atoms with Gasteiger partial charge in [-0.1, -0.05) is 54.9 Å². The quantitative estimate of drug-likeness (QED) is 0.908. The number of rotatable bonds is 3. The van der Waals surface area contributed by atoms with Gasteiger partial charge in [-0.15, -0.1) is 0 Å². The summed E-state index contributed by atoms with van der Waals surface area (Å²) in [5, 5.41) is 3.04. The summed E-state index contributed by atoms with van der Waals surface area (Å²) in [6.45, 7) is 8.40. The molecule has 94 valence electrons. The minimum Gasteiger partial charge on any atom is -0.353 e. The Morgan fingerprint density at radius 2 is 1.94 bits per heavy atom. The normalized spacial score (nSPS) is 13.2. The fourth-order valence-corrected chi connectivity index (χ4v) is 1.75. The van der Waals surface area contributed by atoms with Crippen molar-refractivity contribution in [2.75, 3.05) is 0 Å². The van der Waals surface area contributed by atoms with Crippen molar-refractivity contribution in [3.05, 3.63) is 34.3 Å². The monoisotopic (exact) mass is 297 g/mol. The molecule has 0 fully saturated rings. The third-order valence-electron chi connectivity index (χ3n) is 2.99. The minimum absolute atomic E-state index is 0.0688. The lowest BCUT2D eigenvalue weighted by Gasteiger charge is -2.28. The van der Waals surface area contributed by atoms with E-state index in [1.807, 2.05) is 31.2 Å². The first-order valence-electron chi connectivity index (χ1n) is 5.83. The largest absolute Gasteiger partial charge is 0.353 e. The van der Waals surface area contributed by atoms with Gasteiger partial charge in [0.25, 0.3) is 0 Å². The maximum Gasteiger partial charge on any atom is 0.224 e. The Morgan fingerprint density at radius 1 is 1.35 bits per heavy atom. The van der Waals surface area contributed by atoms with E-state index in [0.717, 1.165) is 10.0 Å². The molecule has 0 aliphatic carbocycles. The van der Waals surface area contributed by atoms with Crippen molar-refractivity contribution in [2.45, 2.75) is 40.2 Å². The first-order chi connectivity index (χ1) is 7.80. The van der Waals surface area contributed by atoms with E-state index < -0.39 is 0 Å². The SMILES string of the molecule is CC(NC(=O)Cc1ccccc1Br)C(C)(C)C. The molecule has 1 aromatic carbocycles. The zero-order valence-electron chi connectivity index (χ0n) is 10.9. The maximum atomic E-state index is 11.9. The Hall–Kier alpha value is -0.830. The molecule has 0 aromatic heterocycles. The average molecular weight is 298 g/mol. The molecule has 1 aromatic rings. The van der Waals surface area contributed by atoms with Crippen LogP contribution in [-0.4, -0.2) is 11.9 Å². The van der Waals surface area contributed by atoms with E-state index in [9.17, 15) is 4.79 Å². The summed E-state index contributed by atoms with van der Waals surface area (Å²) < 4.78 is 0.985. The van der Waals surface area contributed by atoms with Crippen LogP contribution in [-0.2, 0) is 11.2 Å². The summed E-state index contributed by atoms with van der Waals surface area (Å²) in [4.78, 5) is 11.9. The molecule has 0 bridgehead atoms. The highest BCUT2D eigenvalue weighted by Gasteiger charge is 2.21. The van der Waals surface area contributed by atoms with E-state index in [2.05, 4.69) is 42.0 Å². The van der Waals surface area contributed by atoms with E-state index in [1.165, 1.54) is 0 Å². The van der Waals surface area contributed by atoms with Crippen LogP contribution in [0, 0.1) is 5.41 Å². The van der Waals surface area contributed by atoms with Gasteiger partial charge in [-0.05, 0) is 24.0 Å². The predicted molar refractivity (Wildman–Crippen MR) is 74.9 cm³/mol. The summed E-state index contributed by atoms with van der Waals surface area (Å²) >= 11 is 3.45. The lowest BCUT2D eigenvalue weighted by atomic mass is 9.88. The Balaban J connectivity index is 2.60. The van der Waals surface area contributed by atoms with Crippen LogP contribution in [0.25, 0.3) is 0 Å². The van der Waals surface area contributed by atoms with Gasteiger partial charge in [0.2, 0.25) is 5.91 Å². The highest BCUT2D eigenvalue weighted by molar-refractivity contribution is 9.10. The van der Waals surface area contributed by atoms with Crippen molar-refractivity contribution in [1.82, 2.24) is 5.32 Å². The lowest BCUT2D eigenvalue weighted by Crippen LogP contribution is -2.42. The number of carbonyl (C=O) groups is 1. The summed E-state index contributed by atoms with van der Waals surface area (Å²) in [5.74, 6) is 0.0688. The number of carbonyl (C=O) groups excluding carboxylic acids is 1. The van der Waals surface area contributed by atoms with Gasteiger partial charge in [0.05, 0.1) is 6.42 Å². The highest BCUT2D eigenvalue weighted by Crippen LogP contribution is 2.19. The summed E-state index contributed by atoms with van der Waals surface area (Å²) in [7, 11) is 0. The maximum absolute atomic E-state index is 11.9. The van der Waals surface area contributed by atoms with Gasteiger partial charge in [0, 0.05) is 10.5 Å². The molecule has 2 nitrogen and oxygen atoms in total. The van der Waals surface area contributed by atoms with Crippen molar-refractivity contribution in [3.8, 4) is 0 Å². The second kappa shape index (κ2) is 5.67. The lowest BCUT2D eigenvalue weighted by molar-refractivity contribution is -0.121. The third-order valence-corrected chi connectivity index (χ3v) is 3.76. The van der Waals surface area contributed by atoms with Gasteiger partial charge in [0.1, 0.15) is 0 Å². The van der Waals surface area contributed by atoms with Gasteiger partial charge in [-0.2, -0.15) is 0 Å². The zero-order chi connectivity index (χ0) is 13.1. The topological polar surface area (TPSA) is 29.1 Å². The van der Waals surface area contributed by atoms with Crippen LogP contribution in [0.1, 0.15) is 33.3 Å². The Bertz CT molecular complexity index is 395. The van der Waals surface area contributed by atoms with Gasteiger partial charge >= 0.3 is 0 Å². The number of halogens is 1. The Kier molecular flexibility index (Phi) is 4.75. The number of amides is 1. The van der Waals surface area contributed by atoms with Gasteiger partial charge < -0.3 is 5.32 Å². The van der Waals surface area contributed by atoms with E-state index >= 15 is 0 Å². The smallest absolute Gasteiger partial charge is 0.224 e. The molecule has 0 radical (unpaired) electrons. The molecular weight excluding hydrogens is 278 g/mol. The van der Waals surface area contributed by atoms with E-state index in [0.29, 0.717) is 6.42 Å². The molecular formula is C14H20BrNO. The highest BCUT2D eigenvalue weighted by atomic mass is 79.9. The molecule has 0 aliphatic heterocycles. The van der Waals surface area contributed by atoms with Crippen molar-refractivity contribution in [2.24, 2.45) is 5.41 Å². The summed E-state index contributed by atoms with van der Waals surface area (Å²) in [6, 6.07) is 7.97. The number of hydrogen-bond acceptors (Lipinski definition) is 1. The number of hydrogen-bond donors (Lipinski definition) is 1. The fourth-order valence-electron chi connectivity index (χ4n) is 1.32. The van der Waals surface area contributed by atoms with Crippen LogP contribution in [0.3, 0.4) is 0 Å². The van der Waals surface area contributed by atoms with Gasteiger partial charge in [0.15, 0.2) is 0 Å². The van der Waals surface area contributed by atoms with Crippen LogP contribution >= 0.6 is 15.9 Å². The molecule has 1 N–H and O–H groups in total. The standard InChI is InChI=1S/C14H20BrNO/c1-10(14(2,3)4)16-13(17)9-11-7-5-6-8-12(11)15/h5-8,10H,9H2,1-4H3,(H,16,17). The number of benzene rings is 1. The van der Waals surface area contributed by atoms with Crippen LogP contribution in [0.2, 0.25) is 0 Å². The first-order valence-corrected chi connectivity index (χ1v) is 6.63. The van der Waals surface area contributed by atoms with Crippen molar-refractivity contribution >= 4 is 21.8 Å². The second-order valence-corrected chi connectivity index (χ2v) is 6.28. The average Bonchev–Trinajstić information content (AvgIpc) is 2.20. The summed E-state index contributed by atoms with van der Waals surface area (Å²) in [5.41, 5.74) is 1.11.